The van der Waals surface area contributed by atoms with Crippen LogP contribution in [0.1, 0.15) is 6.42 Å². The van der Waals surface area contributed by atoms with E-state index in [-0.39, 0.29) is 18.4 Å². The molecular formula is C6H14ClNO2S. The number of likely N-dealkylation sites (N-methyl/N-ethyl adjacent to an activating group) is 1. The van der Waals surface area contributed by atoms with E-state index >= 15 is 0 Å². The lowest BCUT2D eigenvalue weighted by atomic mass is 10.2. The average molecular weight is 200 g/mol. The van der Waals surface area contributed by atoms with E-state index in [1.807, 2.05) is 6.26 Å². The molecule has 0 aliphatic rings. The van der Waals surface area contributed by atoms with Crippen LogP contribution in [-0.2, 0) is 4.79 Å². The second kappa shape index (κ2) is 8.17. The van der Waals surface area contributed by atoms with Gasteiger partial charge in [-0.3, -0.25) is 4.79 Å². The minimum absolute atomic E-state index is 0. The quantitative estimate of drug-likeness (QED) is 0.689. The van der Waals surface area contributed by atoms with Gasteiger partial charge in [-0.05, 0) is 25.5 Å². The second-order valence-corrected chi connectivity index (χ2v) is 2.95. The highest BCUT2D eigenvalue weighted by Gasteiger charge is 2.12. The van der Waals surface area contributed by atoms with Gasteiger partial charge in [0, 0.05) is 0 Å². The zero-order chi connectivity index (χ0) is 7.98. The number of carboxylic acid groups (broad SMARTS) is 1. The molecule has 0 fully saturated rings. The van der Waals surface area contributed by atoms with Gasteiger partial charge >= 0.3 is 5.97 Å². The molecule has 0 heterocycles. The molecule has 0 rings (SSSR count). The Morgan fingerprint density at radius 3 is 2.55 bits per heavy atom. The fourth-order valence-corrected chi connectivity index (χ4v) is 1.10. The molecule has 68 valence electrons. The summed E-state index contributed by atoms with van der Waals surface area (Å²) in [4.78, 5) is 10.4. The fourth-order valence-electron chi connectivity index (χ4n) is 0.627. The summed E-state index contributed by atoms with van der Waals surface area (Å²) in [5, 5.41) is 11.3. The number of aliphatic carboxylic acids is 1. The van der Waals surface area contributed by atoms with Gasteiger partial charge in [-0.2, -0.15) is 11.8 Å². The Hall–Kier alpha value is 0.0700. The van der Waals surface area contributed by atoms with Crippen LogP contribution in [-0.4, -0.2) is 36.2 Å². The number of halogens is 1. The van der Waals surface area contributed by atoms with Gasteiger partial charge < -0.3 is 10.4 Å². The van der Waals surface area contributed by atoms with Crippen molar-refractivity contribution in [1.82, 2.24) is 5.32 Å². The minimum Gasteiger partial charge on any atom is -0.480 e. The number of carboxylic acids is 1. The summed E-state index contributed by atoms with van der Waals surface area (Å²) < 4.78 is 0. The summed E-state index contributed by atoms with van der Waals surface area (Å²) in [6, 6.07) is -0.382. The highest BCUT2D eigenvalue weighted by Crippen LogP contribution is 1.99. The van der Waals surface area contributed by atoms with Crippen LogP contribution in [0.25, 0.3) is 0 Å². The Labute approximate surface area is 77.3 Å². The molecule has 0 aromatic rings. The molecule has 0 aliphatic carbocycles. The molecule has 5 heteroatoms. The molecule has 0 saturated heterocycles. The zero-order valence-corrected chi connectivity index (χ0v) is 8.30. The standard InChI is InChI=1S/C6H13NO2S.ClH/c1-7-5(6(8)9)3-4-10-2;/h5,7H,3-4H2,1-2H3,(H,8,9);1H/t5-;/m0./s1. The van der Waals surface area contributed by atoms with E-state index in [9.17, 15) is 4.79 Å². The van der Waals surface area contributed by atoms with E-state index in [1.54, 1.807) is 18.8 Å². The SMILES string of the molecule is CN[C@@H](CCSC)C(=O)O.Cl. The summed E-state index contributed by atoms with van der Waals surface area (Å²) in [5.41, 5.74) is 0. The van der Waals surface area contributed by atoms with E-state index in [0.717, 1.165) is 5.75 Å². The third-order valence-electron chi connectivity index (χ3n) is 1.26. The van der Waals surface area contributed by atoms with Gasteiger partial charge in [-0.1, -0.05) is 0 Å². The van der Waals surface area contributed by atoms with Gasteiger partial charge in [0.2, 0.25) is 0 Å². The molecule has 0 amide bonds. The molecule has 2 N–H and O–H groups in total. The number of rotatable bonds is 5. The molecule has 0 aromatic carbocycles. The molecule has 0 radical (unpaired) electrons. The first-order valence-corrected chi connectivity index (χ1v) is 4.50. The van der Waals surface area contributed by atoms with Crippen molar-refractivity contribution in [2.45, 2.75) is 12.5 Å². The van der Waals surface area contributed by atoms with Crippen LogP contribution >= 0.6 is 24.2 Å². The van der Waals surface area contributed by atoms with Crippen molar-refractivity contribution < 1.29 is 9.90 Å². The van der Waals surface area contributed by atoms with Gasteiger partial charge in [-0.15, -0.1) is 12.4 Å². The Kier molecular flexibility index (Phi) is 10.1. The second-order valence-electron chi connectivity index (χ2n) is 1.96. The van der Waals surface area contributed by atoms with E-state index in [1.165, 1.54) is 0 Å². The van der Waals surface area contributed by atoms with Gasteiger partial charge in [0.15, 0.2) is 0 Å². The largest absolute Gasteiger partial charge is 0.480 e. The van der Waals surface area contributed by atoms with Crippen molar-refractivity contribution in [2.24, 2.45) is 0 Å². The van der Waals surface area contributed by atoms with Crippen molar-refractivity contribution in [1.29, 1.82) is 0 Å². The molecule has 1 atom stereocenters. The number of hydrogen-bond acceptors (Lipinski definition) is 3. The lowest BCUT2D eigenvalue weighted by Gasteiger charge is -2.08. The van der Waals surface area contributed by atoms with Crippen molar-refractivity contribution in [2.75, 3.05) is 19.1 Å². The van der Waals surface area contributed by atoms with Crippen LogP contribution in [0.4, 0.5) is 0 Å². The molecular weight excluding hydrogens is 186 g/mol. The van der Waals surface area contributed by atoms with Crippen LogP contribution in [0.5, 0.6) is 0 Å². The maximum absolute atomic E-state index is 10.4. The predicted octanol–water partition coefficient (Wildman–Crippen LogP) is 0.834. The number of thioether (sulfide) groups is 1. The van der Waals surface area contributed by atoms with E-state index in [4.69, 9.17) is 5.11 Å². The Morgan fingerprint density at radius 2 is 2.27 bits per heavy atom. The number of carbonyl (C=O) groups is 1. The Bertz CT molecular complexity index is 113. The lowest BCUT2D eigenvalue weighted by molar-refractivity contribution is -0.139. The third kappa shape index (κ3) is 6.47. The molecule has 0 aromatic heterocycles. The van der Waals surface area contributed by atoms with Crippen molar-refractivity contribution in [3.05, 3.63) is 0 Å². The topological polar surface area (TPSA) is 49.3 Å². The highest BCUT2D eigenvalue weighted by atomic mass is 35.5. The Balaban J connectivity index is 0. The summed E-state index contributed by atoms with van der Waals surface area (Å²) in [5.74, 6) is 0.120. The summed E-state index contributed by atoms with van der Waals surface area (Å²) in [6.45, 7) is 0. The average Bonchev–Trinajstić information content (AvgIpc) is 1.89. The predicted molar refractivity (Wildman–Crippen MR) is 50.7 cm³/mol. The first-order valence-electron chi connectivity index (χ1n) is 3.11. The maximum Gasteiger partial charge on any atom is 0.320 e. The normalized spacial score (nSPS) is 11.8. The fraction of sp³-hybridized carbons (Fsp3) is 0.833. The summed E-state index contributed by atoms with van der Waals surface area (Å²) in [7, 11) is 1.67. The first-order chi connectivity index (χ1) is 4.72. The lowest BCUT2D eigenvalue weighted by Crippen LogP contribution is -2.34. The van der Waals surface area contributed by atoms with Crippen molar-refractivity contribution in [3.8, 4) is 0 Å². The molecule has 0 aliphatic heterocycles. The molecule has 0 unspecified atom stereocenters. The maximum atomic E-state index is 10.4. The Morgan fingerprint density at radius 1 is 1.73 bits per heavy atom. The van der Waals surface area contributed by atoms with Gasteiger partial charge in [0.25, 0.3) is 0 Å². The smallest absolute Gasteiger partial charge is 0.320 e. The van der Waals surface area contributed by atoms with Gasteiger partial charge in [0.1, 0.15) is 6.04 Å². The summed E-state index contributed by atoms with van der Waals surface area (Å²) in [6.07, 6.45) is 2.65. The number of hydrogen-bond donors (Lipinski definition) is 2. The molecule has 3 nitrogen and oxygen atoms in total. The van der Waals surface area contributed by atoms with E-state index in [2.05, 4.69) is 5.32 Å². The van der Waals surface area contributed by atoms with Crippen LogP contribution in [0.3, 0.4) is 0 Å². The van der Waals surface area contributed by atoms with E-state index < -0.39 is 5.97 Å². The van der Waals surface area contributed by atoms with Crippen LogP contribution in [0.2, 0.25) is 0 Å². The first kappa shape index (κ1) is 13.6. The summed E-state index contributed by atoms with van der Waals surface area (Å²) >= 11 is 1.66. The zero-order valence-electron chi connectivity index (χ0n) is 6.66. The molecule has 0 spiro atoms. The number of nitrogens with one attached hydrogen (secondary N) is 1. The molecule has 0 saturated carbocycles. The van der Waals surface area contributed by atoms with Gasteiger partial charge in [-0.25, -0.2) is 0 Å². The van der Waals surface area contributed by atoms with Crippen molar-refractivity contribution in [3.63, 3.8) is 0 Å². The minimum atomic E-state index is -0.767. The van der Waals surface area contributed by atoms with E-state index in [0.29, 0.717) is 6.42 Å². The van der Waals surface area contributed by atoms with Crippen LogP contribution < -0.4 is 5.32 Å². The highest BCUT2D eigenvalue weighted by molar-refractivity contribution is 7.98. The van der Waals surface area contributed by atoms with Crippen molar-refractivity contribution >= 4 is 30.1 Å². The monoisotopic (exact) mass is 199 g/mol. The van der Waals surface area contributed by atoms with Crippen LogP contribution in [0, 0.1) is 0 Å². The van der Waals surface area contributed by atoms with Crippen LogP contribution in [0.15, 0.2) is 0 Å². The molecule has 11 heavy (non-hydrogen) atoms. The van der Waals surface area contributed by atoms with Gasteiger partial charge in [0.05, 0.1) is 0 Å². The third-order valence-corrected chi connectivity index (χ3v) is 1.90. The molecule has 0 bridgehead atoms.